The number of nitrogens with zero attached hydrogens (tertiary/aromatic N) is 2. The Labute approximate surface area is 226 Å². The Morgan fingerprint density at radius 1 is 1.13 bits per heavy atom. The van der Waals surface area contributed by atoms with Gasteiger partial charge in [0.25, 0.3) is 0 Å². The van der Waals surface area contributed by atoms with E-state index in [1.54, 1.807) is 11.5 Å². The maximum Gasteiger partial charge on any atom is 0.248 e. The summed E-state index contributed by atoms with van der Waals surface area (Å²) in [5.74, 6) is 0.277. The molecule has 0 spiro atoms. The van der Waals surface area contributed by atoms with Crippen molar-refractivity contribution >= 4 is 17.6 Å². The average Bonchev–Trinajstić information content (AvgIpc) is 3.21. The van der Waals surface area contributed by atoms with Gasteiger partial charge in [0, 0.05) is 18.4 Å². The Bertz CT molecular complexity index is 1150. The highest BCUT2D eigenvalue weighted by molar-refractivity contribution is 6.00. The Morgan fingerprint density at radius 3 is 2.42 bits per heavy atom. The van der Waals surface area contributed by atoms with Crippen molar-refractivity contribution in [3.63, 3.8) is 0 Å². The second-order valence-electron chi connectivity index (χ2n) is 11.8. The van der Waals surface area contributed by atoms with Crippen LogP contribution < -0.4 is 11.2 Å². The quantitative estimate of drug-likeness (QED) is 0.234. The van der Waals surface area contributed by atoms with Crippen molar-refractivity contribution < 1.29 is 19.6 Å². The van der Waals surface area contributed by atoms with Crippen LogP contribution in [-0.4, -0.2) is 32.6 Å². The van der Waals surface area contributed by atoms with E-state index in [1.807, 2.05) is 23.7 Å². The number of hydroxylamine groups is 1. The minimum absolute atomic E-state index is 0.109. The van der Waals surface area contributed by atoms with Crippen LogP contribution in [0.4, 0.5) is 0 Å². The largest absolute Gasteiger partial charge is 0.366 e. The molecule has 8 heteroatoms. The lowest BCUT2D eigenvalue weighted by atomic mass is 9.75. The van der Waals surface area contributed by atoms with Crippen LogP contribution in [0.15, 0.2) is 18.2 Å². The van der Waals surface area contributed by atoms with Crippen molar-refractivity contribution in [2.75, 3.05) is 0 Å². The SMILES string of the molecule is CC1CCCCC1.Cc1cc(-n2nc(CCCCCC(=O)NO)c3c2CC(C)(C)CC3=O)ccc1C(N)=O. The number of nitrogens with one attached hydrogen (secondary N) is 1. The van der Waals surface area contributed by atoms with Gasteiger partial charge in [-0.1, -0.05) is 59.3 Å². The van der Waals surface area contributed by atoms with Crippen LogP contribution in [0, 0.1) is 18.3 Å². The van der Waals surface area contributed by atoms with Crippen molar-refractivity contribution in [2.24, 2.45) is 17.1 Å². The fourth-order valence-corrected chi connectivity index (χ4v) is 5.59. The van der Waals surface area contributed by atoms with Gasteiger partial charge in [0.2, 0.25) is 11.8 Å². The lowest BCUT2D eigenvalue weighted by Crippen LogP contribution is -2.28. The lowest BCUT2D eigenvalue weighted by Gasteiger charge is -2.29. The molecule has 4 rings (SSSR count). The van der Waals surface area contributed by atoms with Crippen molar-refractivity contribution in [1.29, 1.82) is 0 Å². The molecule has 0 radical (unpaired) electrons. The van der Waals surface area contributed by atoms with Crippen LogP contribution in [0.3, 0.4) is 0 Å². The number of carbonyl (C=O) groups excluding carboxylic acids is 3. The summed E-state index contributed by atoms with van der Waals surface area (Å²) < 4.78 is 1.83. The zero-order valence-electron chi connectivity index (χ0n) is 23.4. The summed E-state index contributed by atoms with van der Waals surface area (Å²) >= 11 is 0. The van der Waals surface area contributed by atoms with Crippen LogP contribution in [0.1, 0.15) is 123 Å². The molecule has 1 saturated carbocycles. The van der Waals surface area contributed by atoms with E-state index in [2.05, 4.69) is 20.8 Å². The molecule has 4 N–H and O–H groups in total. The Hall–Kier alpha value is -3.00. The molecule has 2 aliphatic carbocycles. The number of primary amides is 1. The molecule has 0 aliphatic heterocycles. The number of fused-ring (bicyclic) bond motifs is 1. The maximum atomic E-state index is 13.0. The number of nitrogens with two attached hydrogens (primary N) is 1. The number of Topliss-reactive ketones (excluding diaryl/α,β-unsaturated/α-hetero) is 1. The molecule has 1 aromatic carbocycles. The van der Waals surface area contributed by atoms with Crippen molar-refractivity contribution in [1.82, 2.24) is 15.3 Å². The van der Waals surface area contributed by atoms with Crippen molar-refractivity contribution in [3.8, 4) is 5.69 Å². The molecule has 2 aromatic rings. The van der Waals surface area contributed by atoms with Crippen molar-refractivity contribution in [3.05, 3.63) is 46.3 Å². The highest BCUT2D eigenvalue weighted by Gasteiger charge is 2.36. The third-order valence-electron chi connectivity index (χ3n) is 7.67. The average molecular weight is 525 g/mol. The number of hydrogen-bond acceptors (Lipinski definition) is 5. The van der Waals surface area contributed by atoms with E-state index >= 15 is 0 Å². The van der Waals surface area contributed by atoms with E-state index in [-0.39, 0.29) is 17.6 Å². The number of unbranched alkanes of at least 4 members (excludes halogenated alkanes) is 2. The molecule has 0 atom stereocenters. The van der Waals surface area contributed by atoms with E-state index in [0.29, 0.717) is 30.4 Å². The third kappa shape index (κ3) is 7.76. The highest BCUT2D eigenvalue weighted by Crippen LogP contribution is 2.37. The first-order valence-corrected chi connectivity index (χ1v) is 14.0. The summed E-state index contributed by atoms with van der Waals surface area (Å²) in [5.41, 5.74) is 11.3. The van der Waals surface area contributed by atoms with Crippen LogP contribution in [0.25, 0.3) is 5.69 Å². The Morgan fingerprint density at radius 2 is 1.84 bits per heavy atom. The van der Waals surface area contributed by atoms with Gasteiger partial charge >= 0.3 is 0 Å². The zero-order chi connectivity index (χ0) is 27.9. The van der Waals surface area contributed by atoms with Gasteiger partial charge < -0.3 is 5.73 Å². The number of ketones is 1. The molecule has 0 saturated heterocycles. The molecule has 8 nitrogen and oxygen atoms in total. The predicted molar refractivity (Wildman–Crippen MR) is 148 cm³/mol. The van der Waals surface area contributed by atoms with Gasteiger partial charge in [-0.2, -0.15) is 5.10 Å². The van der Waals surface area contributed by atoms with Crippen LogP contribution in [0.2, 0.25) is 0 Å². The van der Waals surface area contributed by atoms with Gasteiger partial charge in [-0.15, -0.1) is 0 Å². The van der Waals surface area contributed by atoms with Gasteiger partial charge in [-0.05, 0) is 67.7 Å². The van der Waals surface area contributed by atoms with E-state index in [9.17, 15) is 14.4 Å². The number of benzene rings is 1. The summed E-state index contributed by atoms with van der Waals surface area (Å²) in [6, 6.07) is 5.38. The minimum Gasteiger partial charge on any atom is -0.366 e. The summed E-state index contributed by atoms with van der Waals surface area (Å²) in [4.78, 5) is 35.7. The Balaban J connectivity index is 0.000000494. The standard InChI is InChI=1S/C23H30N4O4.C7H14/c1-14-11-15(9-10-16(14)22(24)30)27-18-12-23(2,3)13-19(28)21(18)17(25-27)7-5-4-6-8-20(29)26-31;1-7-5-3-2-4-6-7/h9-11,31H,4-8,12-13H2,1-3H3,(H2,24,30)(H,26,29);7H,2-6H2,1H3. The van der Waals surface area contributed by atoms with Crippen LogP contribution in [0.5, 0.6) is 0 Å². The first-order chi connectivity index (χ1) is 18.0. The first kappa shape index (κ1) is 29.6. The van der Waals surface area contributed by atoms with Crippen molar-refractivity contribution in [2.45, 2.75) is 105 Å². The molecule has 0 unspecified atom stereocenters. The highest BCUT2D eigenvalue weighted by atomic mass is 16.5. The van der Waals surface area contributed by atoms with Gasteiger partial charge in [-0.25, -0.2) is 10.2 Å². The molecule has 2 aliphatic rings. The molecule has 2 amide bonds. The van der Waals surface area contributed by atoms with Gasteiger partial charge in [0.15, 0.2) is 5.78 Å². The summed E-state index contributed by atoms with van der Waals surface area (Å²) in [6.07, 6.45) is 11.8. The third-order valence-corrected chi connectivity index (χ3v) is 7.67. The number of rotatable bonds is 8. The molecular weight excluding hydrogens is 480 g/mol. The summed E-state index contributed by atoms with van der Waals surface area (Å²) in [5, 5.41) is 13.4. The molecule has 208 valence electrons. The number of hydrogen-bond donors (Lipinski definition) is 3. The molecule has 1 fully saturated rings. The lowest BCUT2D eigenvalue weighted by molar-refractivity contribution is -0.129. The van der Waals surface area contributed by atoms with E-state index in [1.165, 1.54) is 32.1 Å². The fraction of sp³-hybridized carbons (Fsp3) is 0.600. The first-order valence-electron chi connectivity index (χ1n) is 14.0. The second kappa shape index (κ2) is 13.2. The molecule has 0 bridgehead atoms. The number of amides is 2. The predicted octanol–water partition coefficient (Wildman–Crippen LogP) is 5.63. The number of aryl methyl sites for hydroxylation is 2. The maximum absolute atomic E-state index is 13.0. The Kier molecular flexibility index (Phi) is 10.3. The smallest absolute Gasteiger partial charge is 0.248 e. The van der Waals surface area contributed by atoms with Gasteiger partial charge in [-0.3, -0.25) is 19.6 Å². The molecule has 38 heavy (non-hydrogen) atoms. The van der Waals surface area contributed by atoms with Crippen LogP contribution >= 0.6 is 0 Å². The molecule has 1 heterocycles. The number of aromatic nitrogens is 2. The number of carbonyl (C=O) groups is 3. The zero-order valence-corrected chi connectivity index (χ0v) is 23.4. The van der Waals surface area contributed by atoms with E-state index in [0.717, 1.165) is 47.8 Å². The van der Waals surface area contributed by atoms with Gasteiger partial charge in [0.1, 0.15) is 0 Å². The van der Waals surface area contributed by atoms with Crippen LogP contribution in [-0.2, 0) is 17.6 Å². The van der Waals surface area contributed by atoms with E-state index in [4.69, 9.17) is 16.0 Å². The fourth-order valence-electron chi connectivity index (χ4n) is 5.59. The summed E-state index contributed by atoms with van der Waals surface area (Å²) in [7, 11) is 0. The van der Waals surface area contributed by atoms with Gasteiger partial charge in [0.05, 0.1) is 22.6 Å². The topological polar surface area (TPSA) is 127 Å². The van der Waals surface area contributed by atoms with E-state index < -0.39 is 11.8 Å². The molecular formula is C30H44N4O4. The minimum atomic E-state index is -0.474. The second-order valence-corrected chi connectivity index (χ2v) is 11.8. The normalized spacial score (nSPS) is 16.8. The molecule has 1 aromatic heterocycles. The monoisotopic (exact) mass is 524 g/mol. The summed E-state index contributed by atoms with van der Waals surface area (Å²) in [6.45, 7) is 8.36.